The van der Waals surface area contributed by atoms with Crippen LogP contribution in [0.3, 0.4) is 0 Å². The van der Waals surface area contributed by atoms with Crippen molar-refractivity contribution in [2.24, 2.45) is 5.73 Å². The average Bonchev–Trinajstić information content (AvgIpc) is 2.87. The van der Waals surface area contributed by atoms with Gasteiger partial charge in [-0.2, -0.15) is 0 Å². The Hall–Kier alpha value is -1.92. The standard InChI is InChI=1S/C15H20N4O2/c16-14(21)11-2-1-3-12-13(11)18-15(19(12)8-9-20)10-4-6-17-7-5-10/h1-3,10,17,20H,4-9H2,(H2,16,21). The molecule has 0 unspecified atom stereocenters. The number of fused-ring (bicyclic) bond motifs is 1. The fraction of sp³-hybridized carbons (Fsp3) is 0.467. The van der Waals surface area contributed by atoms with Gasteiger partial charge >= 0.3 is 0 Å². The smallest absolute Gasteiger partial charge is 0.250 e. The predicted octanol–water partition coefficient (Wildman–Crippen LogP) is 0.594. The minimum Gasteiger partial charge on any atom is -0.395 e. The Bertz CT molecular complexity index is 659. The van der Waals surface area contributed by atoms with E-state index in [-0.39, 0.29) is 6.61 Å². The molecule has 21 heavy (non-hydrogen) atoms. The van der Waals surface area contributed by atoms with Gasteiger partial charge in [0.2, 0.25) is 0 Å². The highest BCUT2D eigenvalue weighted by molar-refractivity contribution is 6.04. The van der Waals surface area contributed by atoms with Crippen molar-refractivity contribution in [2.75, 3.05) is 19.7 Å². The molecule has 4 N–H and O–H groups in total. The highest BCUT2D eigenvalue weighted by Gasteiger charge is 2.23. The quantitative estimate of drug-likeness (QED) is 0.768. The number of piperidine rings is 1. The highest BCUT2D eigenvalue weighted by atomic mass is 16.3. The molecule has 2 heterocycles. The summed E-state index contributed by atoms with van der Waals surface area (Å²) in [6.07, 6.45) is 2.03. The Morgan fingerprint density at radius 1 is 1.43 bits per heavy atom. The van der Waals surface area contributed by atoms with Crippen molar-refractivity contribution in [3.8, 4) is 0 Å². The molecule has 6 heteroatoms. The minimum atomic E-state index is -0.467. The van der Waals surface area contributed by atoms with Crippen molar-refractivity contribution < 1.29 is 9.90 Å². The van der Waals surface area contributed by atoms with Gasteiger partial charge in [0, 0.05) is 12.5 Å². The molecule has 0 atom stereocenters. The molecule has 1 saturated heterocycles. The Morgan fingerprint density at radius 3 is 2.86 bits per heavy atom. The molecule has 3 rings (SSSR count). The van der Waals surface area contributed by atoms with Gasteiger partial charge in [-0.15, -0.1) is 0 Å². The lowest BCUT2D eigenvalue weighted by atomic mass is 9.97. The maximum atomic E-state index is 11.6. The van der Waals surface area contributed by atoms with Crippen molar-refractivity contribution in [2.45, 2.75) is 25.3 Å². The normalized spacial score (nSPS) is 16.4. The first-order valence-electron chi connectivity index (χ1n) is 7.33. The molecule has 0 radical (unpaired) electrons. The molecule has 1 aliphatic heterocycles. The van der Waals surface area contributed by atoms with Crippen LogP contribution in [-0.2, 0) is 6.54 Å². The summed E-state index contributed by atoms with van der Waals surface area (Å²) in [7, 11) is 0. The first-order valence-corrected chi connectivity index (χ1v) is 7.33. The number of aliphatic hydroxyl groups excluding tert-OH is 1. The van der Waals surface area contributed by atoms with Crippen LogP contribution in [-0.4, -0.2) is 40.3 Å². The number of carbonyl (C=O) groups excluding carboxylic acids is 1. The summed E-state index contributed by atoms with van der Waals surface area (Å²) in [6.45, 7) is 2.47. The molecule has 0 bridgehead atoms. The average molecular weight is 288 g/mol. The number of hydrogen-bond donors (Lipinski definition) is 3. The molecule has 2 aromatic rings. The topological polar surface area (TPSA) is 93.2 Å². The number of rotatable bonds is 4. The van der Waals surface area contributed by atoms with Crippen LogP contribution in [0.15, 0.2) is 18.2 Å². The molecule has 112 valence electrons. The summed E-state index contributed by atoms with van der Waals surface area (Å²) in [5.41, 5.74) is 7.40. The second-order valence-electron chi connectivity index (χ2n) is 5.41. The van der Waals surface area contributed by atoms with E-state index < -0.39 is 5.91 Å². The van der Waals surface area contributed by atoms with Crippen molar-refractivity contribution in [1.82, 2.24) is 14.9 Å². The zero-order valence-electron chi connectivity index (χ0n) is 11.9. The SMILES string of the molecule is NC(=O)c1cccc2c1nc(C1CCNCC1)n2CCO. The third-order valence-electron chi connectivity index (χ3n) is 4.10. The number of aromatic nitrogens is 2. The number of amides is 1. The third kappa shape index (κ3) is 2.52. The first-order chi connectivity index (χ1) is 10.2. The largest absolute Gasteiger partial charge is 0.395 e. The molecular weight excluding hydrogens is 268 g/mol. The number of benzene rings is 1. The minimum absolute atomic E-state index is 0.0459. The molecule has 1 aromatic carbocycles. The Balaban J connectivity index is 2.15. The number of nitrogens with two attached hydrogens (primary N) is 1. The maximum Gasteiger partial charge on any atom is 0.250 e. The van der Waals surface area contributed by atoms with Crippen molar-refractivity contribution in [3.05, 3.63) is 29.6 Å². The molecule has 0 saturated carbocycles. The first kappa shape index (κ1) is 14.0. The molecule has 0 aliphatic carbocycles. The van der Waals surface area contributed by atoms with E-state index in [1.165, 1.54) is 0 Å². The summed E-state index contributed by atoms with van der Waals surface area (Å²) in [5.74, 6) is 0.839. The van der Waals surface area contributed by atoms with Crippen LogP contribution in [0.25, 0.3) is 11.0 Å². The lowest BCUT2D eigenvalue weighted by Gasteiger charge is -2.23. The van der Waals surface area contributed by atoms with Crippen LogP contribution in [0, 0.1) is 0 Å². The molecule has 1 fully saturated rings. The van der Waals surface area contributed by atoms with E-state index in [2.05, 4.69) is 5.32 Å². The number of aliphatic hydroxyl groups is 1. The number of nitrogens with zero attached hydrogens (tertiary/aromatic N) is 2. The van der Waals surface area contributed by atoms with Gasteiger partial charge in [0.05, 0.1) is 17.7 Å². The van der Waals surface area contributed by atoms with Crippen LogP contribution >= 0.6 is 0 Å². The number of primary amides is 1. The van der Waals surface area contributed by atoms with Gasteiger partial charge in [-0.1, -0.05) is 6.07 Å². The Labute approximate surface area is 123 Å². The van der Waals surface area contributed by atoms with E-state index in [9.17, 15) is 9.90 Å². The Morgan fingerprint density at radius 2 is 2.19 bits per heavy atom. The summed E-state index contributed by atoms with van der Waals surface area (Å²) in [6, 6.07) is 5.44. The van der Waals surface area contributed by atoms with Crippen molar-refractivity contribution in [3.63, 3.8) is 0 Å². The summed E-state index contributed by atoms with van der Waals surface area (Å²) in [5, 5.41) is 12.7. The van der Waals surface area contributed by atoms with Gasteiger partial charge in [0.25, 0.3) is 5.91 Å². The maximum absolute atomic E-state index is 11.6. The molecule has 1 aromatic heterocycles. The Kier molecular flexibility index (Phi) is 3.90. The fourth-order valence-corrected chi connectivity index (χ4v) is 3.09. The highest BCUT2D eigenvalue weighted by Crippen LogP contribution is 2.29. The monoisotopic (exact) mass is 288 g/mol. The predicted molar refractivity (Wildman–Crippen MR) is 80.2 cm³/mol. The van der Waals surface area contributed by atoms with E-state index in [1.54, 1.807) is 6.07 Å². The summed E-state index contributed by atoms with van der Waals surface area (Å²) in [4.78, 5) is 16.3. The van der Waals surface area contributed by atoms with E-state index in [4.69, 9.17) is 10.7 Å². The van der Waals surface area contributed by atoms with Crippen LogP contribution in [0.1, 0.15) is 34.9 Å². The molecule has 1 amide bonds. The van der Waals surface area contributed by atoms with Crippen molar-refractivity contribution in [1.29, 1.82) is 0 Å². The number of carbonyl (C=O) groups is 1. The van der Waals surface area contributed by atoms with Gasteiger partial charge in [0.15, 0.2) is 0 Å². The van der Waals surface area contributed by atoms with Crippen molar-refractivity contribution >= 4 is 16.9 Å². The zero-order valence-corrected chi connectivity index (χ0v) is 11.9. The van der Waals surface area contributed by atoms with E-state index in [1.807, 2.05) is 16.7 Å². The fourth-order valence-electron chi connectivity index (χ4n) is 3.09. The molecule has 6 nitrogen and oxygen atoms in total. The van der Waals surface area contributed by atoms with Gasteiger partial charge in [-0.3, -0.25) is 4.79 Å². The van der Waals surface area contributed by atoms with E-state index >= 15 is 0 Å². The van der Waals surface area contributed by atoms with Crippen LogP contribution in [0.2, 0.25) is 0 Å². The van der Waals surface area contributed by atoms with Crippen LogP contribution in [0.5, 0.6) is 0 Å². The van der Waals surface area contributed by atoms with Crippen LogP contribution in [0.4, 0.5) is 0 Å². The van der Waals surface area contributed by atoms with Crippen LogP contribution < -0.4 is 11.1 Å². The second kappa shape index (κ2) is 5.83. The summed E-state index contributed by atoms with van der Waals surface area (Å²) < 4.78 is 2.03. The zero-order chi connectivity index (χ0) is 14.8. The van der Waals surface area contributed by atoms with Gasteiger partial charge in [-0.25, -0.2) is 4.98 Å². The molecular formula is C15H20N4O2. The molecule has 1 aliphatic rings. The number of para-hydroxylation sites is 1. The summed E-state index contributed by atoms with van der Waals surface area (Å²) >= 11 is 0. The van der Waals surface area contributed by atoms with Gasteiger partial charge in [0.1, 0.15) is 11.3 Å². The van der Waals surface area contributed by atoms with E-state index in [0.29, 0.717) is 23.5 Å². The lowest BCUT2D eigenvalue weighted by molar-refractivity contribution is 0.100. The van der Waals surface area contributed by atoms with Gasteiger partial charge in [-0.05, 0) is 38.1 Å². The second-order valence-corrected chi connectivity index (χ2v) is 5.41. The van der Waals surface area contributed by atoms with Gasteiger partial charge < -0.3 is 20.7 Å². The molecule has 0 spiro atoms. The van der Waals surface area contributed by atoms with E-state index in [0.717, 1.165) is 37.3 Å². The lowest BCUT2D eigenvalue weighted by Crippen LogP contribution is -2.28. The number of hydrogen-bond acceptors (Lipinski definition) is 4. The number of nitrogens with one attached hydrogen (secondary N) is 1. The third-order valence-corrected chi connectivity index (χ3v) is 4.10. The number of imidazole rings is 1.